The molecule has 1 aromatic heterocycles. The first kappa shape index (κ1) is 28.4. The van der Waals surface area contributed by atoms with Crippen LogP contribution in [0.5, 0.6) is 5.75 Å². The van der Waals surface area contributed by atoms with Gasteiger partial charge < -0.3 is 20.6 Å². The van der Waals surface area contributed by atoms with E-state index in [-0.39, 0.29) is 16.7 Å². The zero-order valence-electron chi connectivity index (χ0n) is 23.9. The van der Waals surface area contributed by atoms with Gasteiger partial charge in [0.1, 0.15) is 11.6 Å². The molecule has 0 radical (unpaired) electrons. The molecule has 4 rings (SSSR count). The molecule has 1 fully saturated rings. The molecule has 7 heteroatoms. The van der Waals surface area contributed by atoms with E-state index in [0.717, 1.165) is 46.0 Å². The normalized spacial score (nSPS) is 15.3. The topological polar surface area (TPSA) is 82.2 Å². The summed E-state index contributed by atoms with van der Waals surface area (Å²) in [5.74, 6) is 0.876. The average molecular weight is 545 g/mol. The molecule has 1 saturated heterocycles. The van der Waals surface area contributed by atoms with Gasteiger partial charge in [-0.15, -0.1) is 11.3 Å². The Kier molecular flexibility index (Phi) is 8.21. The van der Waals surface area contributed by atoms with Crippen molar-refractivity contribution in [2.45, 2.75) is 52.4 Å². The molecule has 2 aromatic carbocycles. The summed E-state index contributed by atoms with van der Waals surface area (Å²) in [6.45, 7) is 15.4. The first-order valence-corrected chi connectivity index (χ1v) is 14.3. The van der Waals surface area contributed by atoms with Crippen molar-refractivity contribution in [3.8, 4) is 5.75 Å². The van der Waals surface area contributed by atoms with Crippen molar-refractivity contribution in [1.82, 2.24) is 4.90 Å². The second-order valence-corrected chi connectivity index (χ2v) is 13.0. The number of amidine groups is 1. The van der Waals surface area contributed by atoms with Crippen molar-refractivity contribution in [1.29, 1.82) is 0 Å². The maximum Gasteiger partial charge on any atom is 0.246 e. The lowest BCUT2D eigenvalue weighted by atomic mass is 9.78. The van der Waals surface area contributed by atoms with Crippen LogP contribution in [0.2, 0.25) is 0 Å². The number of rotatable bonds is 5. The summed E-state index contributed by atoms with van der Waals surface area (Å²) in [6.07, 6.45) is 3.53. The third-order valence-electron chi connectivity index (χ3n) is 7.00. The average Bonchev–Trinajstić information content (AvgIpc) is 3.42. The number of amides is 1. The van der Waals surface area contributed by atoms with Gasteiger partial charge in [0.2, 0.25) is 5.91 Å². The number of piperazine rings is 1. The number of hydrogen-bond acceptors (Lipinski definition) is 5. The lowest BCUT2D eigenvalue weighted by molar-refractivity contribution is -0.126. The highest BCUT2D eigenvalue weighted by Crippen LogP contribution is 2.40. The number of nitrogens with zero attached hydrogens (tertiary/aromatic N) is 3. The highest BCUT2D eigenvalue weighted by atomic mass is 32.1. The number of hydrogen-bond donors (Lipinski definition) is 2. The quantitative estimate of drug-likeness (QED) is 0.220. The Balaban J connectivity index is 1.39. The molecule has 0 saturated carbocycles. The molecule has 3 aromatic rings. The van der Waals surface area contributed by atoms with Gasteiger partial charge >= 0.3 is 0 Å². The second-order valence-electron chi connectivity index (χ2n) is 12.1. The van der Waals surface area contributed by atoms with Gasteiger partial charge in [0, 0.05) is 49.1 Å². The van der Waals surface area contributed by atoms with Crippen molar-refractivity contribution in [2.75, 3.05) is 31.1 Å². The number of benzene rings is 2. The van der Waals surface area contributed by atoms with Gasteiger partial charge in [0.15, 0.2) is 0 Å². The molecule has 1 amide bonds. The van der Waals surface area contributed by atoms with E-state index < -0.39 is 0 Å². The van der Waals surface area contributed by atoms with Crippen LogP contribution >= 0.6 is 11.3 Å². The van der Waals surface area contributed by atoms with Crippen LogP contribution in [-0.2, 0) is 15.6 Å². The van der Waals surface area contributed by atoms with E-state index in [1.165, 1.54) is 0 Å². The molecule has 6 nitrogen and oxygen atoms in total. The summed E-state index contributed by atoms with van der Waals surface area (Å²) in [5.41, 5.74) is 10.3. The van der Waals surface area contributed by atoms with E-state index in [0.29, 0.717) is 24.7 Å². The third-order valence-corrected chi connectivity index (χ3v) is 7.89. The second kappa shape index (κ2) is 11.3. The van der Waals surface area contributed by atoms with Crippen molar-refractivity contribution in [3.05, 3.63) is 81.6 Å². The van der Waals surface area contributed by atoms with Crippen molar-refractivity contribution in [3.63, 3.8) is 0 Å². The van der Waals surface area contributed by atoms with E-state index in [4.69, 9.17) is 5.73 Å². The minimum Gasteiger partial charge on any atom is -0.507 e. The summed E-state index contributed by atoms with van der Waals surface area (Å²) in [6, 6.07) is 16.0. The number of aliphatic imine (C=N–C) groups is 1. The Morgan fingerprint density at radius 3 is 2.05 bits per heavy atom. The molecular formula is C32H40N4O2S. The highest BCUT2D eigenvalue weighted by molar-refractivity contribution is 7.12. The number of phenolic OH excluding ortho intramolecular Hbond substituents is 1. The SMILES string of the molecule is CC(C)(C)c1cc(/C=C/C(=O)N2CCN(c3ccc(N=C(N)c4cccs4)cc3)CC2)cc(C(C)(C)C)c1O. The van der Waals surface area contributed by atoms with Crippen LogP contribution in [0.4, 0.5) is 11.4 Å². The molecule has 39 heavy (non-hydrogen) atoms. The van der Waals surface area contributed by atoms with E-state index in [2.05, 4.69) is 63.6 Å². The molecule has 0 atom stereocenters. The number of carbonyl (C=O) groups excluding carboxylic acids is 1. The van der Waals surface area contributed by atoms with Gasteiger partial charge in [0.05, 0.1) is 10.6 Å². The van der Waals surface area contributed by atoms with Crippen molar-refractivity contribution >= 4 is 40.5 Å². The summed E-state index contributed by atoms with van der Waals surface area (Å²) in [7, 11) is 0. The smallest absolute Gasteiger partial charge is 0.246 e. The first-order chi connectivity index (χ1) is 18.3. The number of carbonyl (C=O) groups is 1. The molecule has 0 spiro atoms. The van der Waals surface area contributed by atoms with Gasteiger partial charge in [-0.05, 0) is 70.3 Å². The fraction of sp³-hybridized carbons (Fsp3) is 0.375. The molecule has 0 unspecified atom stereocenters. The van der Waals surface area contributed by atoms with E-state index >= 15 is 0 Å². The zero-order valence-corrected chi connectivity index (χ0v) is 24.7. The molecule has 0 bridgehead atoms. The van der Waals surface area contributed by atoms with E-state index in [9.17, 15) is 9.90 Å². The first-order valence-electron chi connectivity index (χ1n) is 13.4. The van der Waals surface area contributed by atoms with Crippen LogP contribution in [-0.4, -0.2) is 47.9 Å². The Morgan fingerprint density at radius 2 is 1.54 bits per heavy atom. The molecule has 1 aliphatic heterocycles. The molecule has 3 N–H and O–H groups in total. The monoisotopic (exact) mass is 544 g/mol. The molecule has 2 heterocycles. The third kappa shape index (κ3) is 6.90. The Morgan fingerprint density at radius 1 is 0.949 bits per heavy atom. The summed E-state index contributed by atoms with van der Waals surface area (Å²) in [5, 5.41) is 12.9. The Hall–Kier alpha value is -3.58. The summed E-state index contributed by atoms with van der Waals surface area (Å²) < 4.78 is 0. The maximum atomic E-state index is 13.0. The minimum absolute atomic E-state index is 0.00563. The number of phenols is 1. The predicted octanol–water partition coefficient (Wildman–Crippen LogP) is 6.45. The highest BCUT2D eigenvalue weighted by Gasteiger charge is 2.26. The van der Waals surface area contributed by atoms with Gasteiger partial charge in [-0.25, -0.2) is 4.99 Å². The lowest BCUT2D eigenvalue weighted by Crippen LogP contribution is -2.48. The van der Waals surface area contributed by atoms with Crippen LogP contribution in [0.25, 0.3) is 6.08 Å². The number of thiophene rings is 1. The van der Waals surface area contributed by atoms with Crippen LogP contribution in [0.1, 0.15) is 63.1 Å². The fourth-order valence-corrected chi connectivity index (χ4v) is 5.34. The maximum absolute atomic E-state index is 13.0. The zero-order chi connectivity index (χ0) is 28.4. The van der Waals surface area contributed by atoms with Gasteiger partial charge in [-0.2, -0.15) is 0 Å². The summed E-state index contributed by atoms with van der Waals surface area (Å²) in [4.78, 5) is 22.7. The van der Waals surface area contributed by atoms with Gasteiger partial charge in [-0.3, -0.25) is 4.79 Å². The largest absolute Gasteiger partial charge is 0.507 e. The van der Waals surface area contributed by atoms with Crippen LogP contribution in [0.15, 0.2) is 65.0 Å². The lowest BCUT2D eigenvalue weighted by Gasteiger charge is -2.35. The number of anilines is 1. The minimum atomic E-state index is -0.213. The van der Waals surface area contributed by atoms with E-state index in [1.54, 1.807) is 17.4 Å². The molecular weight excluding hydrogens is 504 g/mol. The van der Waals surface area contributed by atoms with Crippen molar-refractivity contribution in [2.24, 2.45) is 10.7 Å². The molecule has 1 aliphatic rings. The summed E-state index contributed by atoms with van der Waals surface area (Å²) >= 11 is 1.57. The fourth-order valence-electron chi connectivity index (χ4n) is 4.71. The molecule has 0 aliphatic carbocycles. The van der Waals surface area contributed by atoms with Gasteiger partial charge in [0.25, 0.3) is 0 Å². The van der Waals surface area contributed by atoms with Crippen LogP contribution in [0, 0.1) is 0 Å². The predicted molar refractivity (Wildman–Crippen MR) is 164 cm³/mol. The standard InChI is InChI=1S/C32H40N4O2S/c1-31(2,3)25-20-22(21-26(29(25)38)32(4,5)6)9-14-28(37)36-17-15-35(16-18-36)24-12-10-23(11-13-24)34-30(33)27-8-7-19-39-27/h7-14,19-21,38H,15-18H2,1-6H3,(H2,33,34)/b14-9+. The Labute approximate surface area is 236 Å². The van der Waals surface area contributed by atoms with Crippen LogP contribution < -0.4 is 10.6 Å². The van der Waals surface area contributed by atoms with Gasteiger partial charge in [-0.1, -0.05) is 47.6 Å². The van der Waals surface area contributed by atoms with Crippen molar-refractivity contribution < 1.29 is 9.90 Å². The molecule has 206 valence electrons. The number of nitrogens with two attached hydrogens (primary N) is 1. The Bertz CT molecular complexity index is 1320. The van der Waals surface area contributed by atoms with E-state index in [1.807, 2.05) is 52.8 Å². The van der Waals surface area contributed by atoms with Crippen LogP contribution in [0.3, 0.4) is 0 Å². The number of aromatic hydroxyl groups is 1.